The van der Waals surface area contributed by atoms with Gasteiger partial charge >= 0.3 is 0 Å². The molecule has 2 heteroatoms. The van der Waals surface area contributed by atoms with Gasteiger partial charge in [-0.3, -0.25) is 0 Å². The standard InChI is InChI=1S/C18H11Si.C12H9N/c19-18-7-3-6-15-16(18)9-8-14-10-12-4-1-2-5-13(12)11-17(14)15;1-3-7-11-9(5-1)10-6-2-4-8-12(10)13-11/h1-11H;1-8,13H. The normalized spacial score (nSPS) is 11.3. The number of H-pyrrole nitrogens is 1. The van der Waals surface area contributed by atoms with Crippen molar-refractivity contribution in [3.8, 4) is 0 Å². The van der Waals surface area contributed by atoms with Gasteiger partial charge in [0.2, 0.25) is 0 Å². The number of para-hydroxylation sites is 2. The molecule has 0 amide bonds. The Bertz CT molecular complexity index is 1690. The van der Waals surface area contributed by atoms with Gasteiger partial charge in [-0.1, -0.05) is 96.2 Å². The van der Waals surface area contributed by atoms with Gasteiger partial charge in [-0.25, -0.2) is 0 Å². The Balaban J connectivity index is 0.000000131. The lowest BCUT2D eigenvalue weighted by Crippen LogP contribution is -2.02. The highest BCUT2D eigenvalue weighted by molar-refractivity contribution is 6.40. The summed E-state index contributed by atoms with van der Waals surface area (Å²) >= 11 is 0. The smallest absolute Gasteiger partial charge is 0.0720 e. The van der Waals surface area contributed by atoms with Crippen LogP contribution in [-0.2, 0) is 0 Å². The van der Waals surface area contributed by atoms with E-state index in [2.05, 4.69) is 130 Å². The van der Waals surface area contributed by atoms with E-state index in [9.17, 15) is 0 Å². The predicted molar refractivity (Wildman–Crippen MR) is 140 cm³/mol. The van der Waals surface area contributed by atoms with Crippen molar-refractivity contribution in [3.63, 3.8) is 0 Å². The molecule has 1 heterocycles. The molecule has 0 fully saturated rings. The summed E-state index contributed by atoms with van der Waals surface area (Å²) in [6, 6.07) is 40.6. The molecule has 0 aliphatic carbocycles. The van der Waals surface area contributed by atoms with Crippen LogP contribution in [0.25, 0.3) is 54.1 Å². The molecule has 3 radical (unpaired) electrons. The third-order valence-corrected chi connectivity index (χ3v) is 6.59. The Labute approximate surface area is 189 Å². The van der Waals surface area contributed by atoms with E-state index in [4.69, 9.17) is 0 Å². The molecule has 0 saturated heterocycles. The summed E-state index contributed by atoms with van der Waals surface area (Å²) < 4.78 is 0. The van der Waals surface area contributed by atoms with Crippen LogP contribution in [0.1, 0.15) is 0 Å². The molecule has 0 spiro atoms. The number of hydrogen-bond acceptors (Lipinski definition) is 0. The fourth-order valence-electron chi connectivity index (χ4n) is 4.58. The van der Waals surface area contributed by atoms with E-state index in [-0.39, 0.29) is 0 Å². The van der Waals surface area contributed by atoms with E-state index in [0.717, 1.165) is 5.19 Å². The molecule has 7 aromatic rings. The fraction of sp³-hybridized carbons (Fsp3) is 0. The van der Waals surface area contributed by atoms with E-state index in [1.807, 2.05) is 0 Å². The van der Waals surface area contributed by atoms with Crippen LogP contribution < -0.4 is 5.19 Å². The Kier molecular flexibility index (Phi) is 4.52. The first kappa shape index (κ1) is 18.9. The van der Waals surface area contributed by atoms with Gasteiger partial charge in [0.1, 0.15) is 0 Å². The molecule has 0 bridgehead atoms. The second-order valence-electron chi connectivity index (χ2n) is 8.10. The Morgan fingerprint density at radius 3 is 1.72 bits per heavy atom. The first-order valence-corrected chi connectivity index (χ1v) is 11.3. The Morgan fingerprint density at radius 1 is 0.406 bits per heavy atom. The first-order chi connectivity index (χ1) is 15.8. The number of nitrogens with one attached hydrogen (secondary N) is 1. The summed E-state index contributed by atoms with van der Waals surface area (Å²) in [4.78, 5) is 3.38. The van der Waals surface area contributed by atoms with Crippen molar-refractivity contribution in [2.75, 3.05) is 0 Å². The molecular weight excluding hydrogens is 402 g/mol. The number of fused-ring (bicyclic) bond motifs is 7. The minimum Gasteiger partial charge on any atom is -0.355 e. The summed E-state index contributed by atoms with van der Waals surface area (Å²) in [6.45, 7) is 0. The van der Waals surface area contributed by atoms with Crippen LogP contribution >= 0.6 is 0 Å². The summed E-state index contributed by atoms with van der Waals surface area (Å²) in [7, 11) is 3.69. The summed E-state index contributed by atoms with van der Waals surface area (Å²) in [5.74, 6) is 0. The molecule has 1 nitrogen and oxygen atoms in total. The zero-order chi connectivity index (χ0) is 21.5. The van der Waals surface area contributed by atoms with Gasteiger partial charge in [0.05, 0.1) is 10.2 Å². The second kappa shape index (κ2) is 7.67. The topological polar surface area (TPSA) is 15.8 Å². The Morgan fingerprint density at radius 2 is 1.00 bits per heavy atom. The molecule has 6 aromatic carbocycles. The molecule has 0 saturated carbocycles. The molecule has 32 heavy (non-hydrogen) atoms. The van der Waals surface area contributed by atoms with Crippen LogP contribution in [-0.4, -0.2) is 15.2 Å². The number of aromatic amines is 1. The quantitative estimate of drug-likeness (QED) is 0.150. The third-order valence-electron chi connectivity index (χ3n) is 6.16. The van der Waals surface area contributed by atoms with Crippen molar-refractivity contribution in [1.82, 2.24) is 4.98 Å². The van der Waals surface area contributed by atoms with Gasteiger partial charge < -0.3 is 4.98 Å². The number of hydrogen-bond donors (Lipinski definition) is 1. The maximum atomic E-state index is 3.69. The van der Waals surface area contributed by atoms with Crippen LogP contribution in [0.15, 0.2) is 115 Å². The number of rotatable bonds is 0. The van der Waals surface area contributed by atoms with Gasteiger partial charge in [-0.05, 0) is 56.6 Å². The van der Waals surface area contributed by atoms with Gasteiger partial charge in [0, 0.05) is 21.8 Å². The summed E-state index contributed by atoms with van der Waals surface area (Å²) in [6.07, 6.45) is 0. The lowest BCUT2D eigenvalue weighted by molar-refractivity contribution is 1.55. The lowest BCUT2D eigenvalue weighted by Gasteiger charge is -2.08. The van der Waals surface area contributed by atoms with E-state index in [0.29, 0.717) is 0 Å². The highest BCUT2D eigenvalue weighted by atomic mass is 28.1. The average molecular weight is 423 g/mol. The van der Waals surface area contributed by atoms with Crippen molar-refractivity contribution in [2.45, 2.75) is 0 Å². The number of benzene rings is 6. The monoisotopic (exact) mass is 422 g/mol. The zero-order valence-corrected chi connectivity index (χ0v) is 18.5. The van der Waals surface area contributed by atoms with E-state index in [1.54, 1.807) is 0 Å². The van der Waals surface area contributed by atoms with Crippen molar-refractivity contribution in [3.05, 3.63) is 115 Å². The van der Waals surface area contributed by atoms with Crippen LogP contribution in [0.5, 0.6) is 0 Å². The molecule has 0 aliphatic rings. The molecule has 7 rings (SSSR count). The van der Waals surface area contributed by atoms with Crippen molar-refractivity contribution < 1.29 is 0 Å². The Hall–Kier alpha value is -3.88. The molecule has 149 valence electrons. The van der Waals surface area contributed by atoms with Crippen molar-refractivity contribution in [2.24, 2.45) is 0 Å². The molecule has 1 aromatic heterocycles. The van der Waals surface area contributed by atoms with Crippen LogP contribution in [0.4, 0.5) is 0 Å². The first-order valence-electron chi connectivity index (χ1n) is 10.8. The van der Waals surface area contributed by atoms with E-state index < -0.39 is 0 Å². The fourth-order valence-corrected chi connectivity index (χ4v) is 4.90. The molecule has 1 N–H and O–H groups in total. The van der Waals surface area contributed by atoms with Crippen LogP contribution in [0.2, 0.25) is 0 Å². The molecular formula is C30H20NSi. The lowest BCUT2D eigenvalue weighted by atomic mass is 9.98. The molecule has 0 unspecified atom stereocenters. The summed E-state index contributed by atoms with van der Waals surface area (Å²) in [5, 5.41) is 11.5. The maximum Gasteiger partial charge on any atom is 0.0720 e. The van der Waals surface area contributed by atoms with Gasteiger partial charge in [-0.15, -0.1) is 0 Å². The minimum absolute atomic E-state index is 1.15. The molecule has 0 atom stereocenters. The highest BCUT2D eigenvalue weighted by Crippen LogP contribution is 2.28. The maximum absolute atomic E-state index is 3.69. The highest BCUT2D eigenvalue weighted by Gasteiger charge is 2.04. The predicted octanol–water partition coefficient (Wildman–Crippen LogP) is 7.26. The number of aromatic nitrogens is 1. The van der Waals surface area contributed by atoms with Gasteiger partial charge in [-0.2, -0.15) is 0 Å². The minimum atomic E-state index is 1.15. The zero-order valence-electron chi connectivity index (χ0n) is 17.5. The van der Waals surface area contributed by atoms with Gasteiger partial charge in [0.25, 0.3) is 0 Å². The largest absolute Gasteiger partial charge is 0.355 e. The summed E-state index contributed by atoms with van der Waals surface area (Å²) in [5.41, 5.74) is 2.42. The van der Waals surface area contributed by atoms with Crippen molar-refractivity contribution in [1.29, 1.82) is 0 Å². The van der Waals surface area contributed by atoms with Gasteiger partial charge in [0.15, 0.2) is 0 Å². The average Bonchev–Trinajstić information content (AvgIpc) is 3.22. The van der Waals surface area contributed by atoms with Crippen LogP contribution in [0, 0.1) is 0 Å². The van der Waals surface area contributed by atoms with Crippen LogP contribution in [0.3, 0.4) is 0 Å². The van der Waals surface area contributed by atoms with E-state index in [1.165, 1.54) is 54.1 Å². The van der Waals surface area contributed by atoms with E-state index >= 15 is 0 Å². The van der Waals surface area contributed by atoms with Crippen molar-refractivity contribution >= 4 is 69.6 Å². The third kappa shape index (κ3) is 3.17. The SMILES string of the molecule is [Si]c1cccc2c1ccc1cc3ccccc3cc12.c1ccc2c(c1)[nH]c1ccccc12. The second-order valence-corrected chi connectivity index (χ2v) is 8.64. The molecule has 0 aliphatic heterocycles.